The van der Waals surface area contributed by atoms with E-state index in [1.807, 2.05) is 55.5 Å². The highest BCUT2D eigenvalue weighted by atomic mass is 16.5. The number of hydrogen-bond donors (Lipinski definition) is 1. The zero-order valence-corrected chi connectivity index (χ0v) is 19.0. The summed E-state index contributed by atoms with van der Waals surface area (Å²) in [6.45, 7) is 5.82. The Balaban J connectivity index is 1.56. The van der Waals surface area contributed by atoms with Gasteiger partial charge in [0, 0.05) is 24.3 Å². The Kier molecular flexibility index (Phi) is 6.81. The maximum atomic E-state index is 13.0. The minimum absolute atomic E-state index is 0.218. The van der Waals surface area contributed by atoms with Crippen LogP contribution in [0.25, 0.3) is 11.4 Å². The summed E-state index contributed by atoms with van der Waals surface area (Å²) in [6, 6.07) is 16.1. The predicted molar refractivity (Wildman–Crippen MR) is 126 cm³/mol. The maximum absolute atomic E-state index is 13.0. The predicted octanol–water partition coefficient (Wildman–Crippen LogP) is 4.77. The molecule has 6 heteroatoms. The van der Waals surface area contributed by atoms with Gasteiger partial charge >= 0.3 is 0 Å². The van der Waals surface area contributed by atoms with Crippen molar-refractivity contribution in [3.63, 3.8) is 0 Å². The standard InChI is InChI=1S/C26H30N4O2/c1-18-11-12-22(16-19(18)2)32-26-23(17-28-24(29-26)20-8-5-4-6-9-20)25(31)27-14-13-21-10-7-15-30(21)3/h4-6,8-9,11-12,16-17,21H,7,10,13-15H2,1-3H3,(H,27,31). The summed E-state index contributed by atoms with van der Waals surface area (Å²) >= 11 is 0. The van der Waals surface area contributed by atoms with Crippen molar-refractivity contribution in [1.29, 1.82) is 0 Å². The molecule has 1 aliphatic rings. The summed E-state index contributed by atoms with van der Waals surface area (Å²) in [5, 5.41) is 3.03. The van der Waals surface area contributed by atoms with Gasteiger partial charge in [-0.05, 0) is 70.0 Å². The molecule has 1 N–H and O–H groups in total. The van der Waals surface area contributed by atoms with E-state index < -0.39 is 0 Å². The number of nitrogens with zero attached hydrogens (tertiary/aromatic N) is 3. The van der Waals surface area contributed by atoms with Crippen LogP contribution in [0, 0.1) is 13.8 Å². The van der Waals surface area contributed by atoms with Gasteiger partial charge in [0.05, 0.1) is 0 Å². The Morgan fingerprint density at radius 3 is 2.69 bits per heavy atom. The molecule has 0 saturated carbocycles. The van der Waals surface area contributed by atoms with Gasteiger partial charge in [-0.1, -0.05) is 36.4 Å². The molecule has 2 aromatic carbocycles. The summed E-state index contributed by atoms with van der Waals surface area (Å²) in [4.78, 5) is 24.4. The Bertz CT molecular complexity index is 1080. The fourth-order valence-corrected chi connectivity index (χ4v) is 4.01. The molecule has 1 unspecified atom stereocenters. The number of carbonyl (C=O) groups excluding carboxylic acids is 1. The van der Waals surface area contributed by atoms with Crippen molar-refractivity contribution < 1.29 is 9.53 Å². The number of amides is 1. The van der Waals surface area contributed by atoms with Crippen molar-refractivity contribution in [3.8, 4) is 23.0 Å². The molecule has 1 saturated heterocycles. The van der Waals surface area contributed by atoms with E-state index in [4.69, 9.17) is 4.74 Å². The van der Waals surface area contributed by atoms with E-state index >= 15 is 0 Å². The molecule has 2 heterocycles. The maximum Gasteiger partial charge on any atom is 0.258 e. The number of aromatic nitrogens is 2. The number of rotatable bonds is 7. The van der Waals surface area contributed by atoms with Crippen LogP contribution in [0.4, 0.5) is 0 Å². The number of hydrogen-bond acceptors (Lipinski definition) is 5. The number of nitrogens with one attached hydrogen (secondary N) is 1. The Hall–Kier alpha value is -3.25. The number of ether oxygens (including phenoxy) is 1. The zero-order chi connectivity index (χ0) is 22.5. The Morgan fingerprint density at radius 1 is 1.16 bits per heavy atom. The monoisotopic (exact) mass is 430 g/mol. The van der Waals surface area contributed by atoms with Crippen molar-refractivity contribution >= 4 is 5.91 Å². The molecule has 0 bridgehead atoms. The van der Waals surface area contributed by atoms with Crippen LogP contribution >= 0.6 is 0 Å². The third-order valence-electron chi connectivity index (χ3n) is 6.16. The first-order chi connectivity index (χ1) is 15.5. The van der Waals surface area contributed by atoms with Gasteiger partial charge in [-0.25, -0.2) is 4.98 Å². The van der Waals surface area contributed by atoms with E-state index in [0.717, 1.165) is 24.1 Å². The van der Waals surface area contributed by atoms with E-state index in [-0.39, 0.29) is 11.8 Å². The van der Waals surface area contributed by atoms with Gasteiger partial charge in [0.25, 0.3) is 5.91 Å². The molecule has 6 nitrogen and oxygen atoms in total. The van der Waals surface area contributed by atoms with Gasteiger partial charge in [-0.3, -0.25) is 4.79 Å². The van der Waals surface area contributed by atoms with Crippen LogP contribution in [0.2, 0.25) is 0 Å². The SMILES string of the molecule is Cc1ccc(Oc2nc(-c3ccccc3)ncc2C(=O)NCCC2CCCN2C)cc1C. The molecule has 1 fully saturated rings. The number of aryl methyl sites for hydroxylation is 2. The van der Waals surface area contributed by atoms with E-state index in [1.165, 1.54) is 18.4 Å². The number of benzene rings is 2. The van der Waals surface area contributed by atoms with Crippen LogP contribution in [0.3, 0.4) is 0 Å². The molecule has 1 atom stereocenters. The third kappa shape index (κ3) is 5.14. The van der Waals surface area contributed by atoms with Crippen molar-refractivity contribution in [2.24, 2.45) is 0 Å². The topological polar surface area (TPSA) is 67.3 Å². The van der Waals surface area contributed by atoms with E-state index in [9.17, 15) is 4.79 Å². The molecular formula is C26H30N4O2. The lowest BCUT2D eigenvalue weighted by Gasteiger charge is -2.19. The smallest absolute Gasteiger partial charge is 0.258 e. The quantitative estimate of drug-likeness (QED) is 0.585. The van der Waals surface area contributed by atoms with Crippen LogP contribution in [0.15, 0.2) is 54.7 Å². The molecule has 0 radical (unpaired) electrons. The van der Waals surface area contributed by atoms with Crippen LogP contribution in [-0.2, 0) is 0 Å². The first-order valence-corrected chi connectivity index (χ1v) is 11.2. The van der Waals surface area contributed by atoms with Gasteiger partial charge in [-0.2, -0.15) is 4.98 Å². The highest BCUT2D eigenvalue weighted by Gasteiger charge is 2.22. The van der Waals surface area contributed by atoms with E-state index in [2.05, 4.69) is 34.2 Å². The van der Waals surface area contributed by atoms with Crippen molar-refractivity contribution in [2.45, 2.75) is 39.2 Å². The lowest BCUT2D eigenvalue weighted by Crippen LogP contribution is -2.32. The van der Waals surface area contributed by atoms with Crippen molar-refractivity contribution in [1.82, 2.24) is 20.2 Å². The molecule has 32 heavy (non-hydrogen) atoms. The second-order valence-corrected chi connectivity index (χ2v) is 8.45. The summed E-state index contributed by atoms with van der Waals surface area (Å²) in [7, 11) is 2.14. The lowest BCUT2D eigenvalue weighted by molar-refractivity contribution is 0.0947. The lowest BCUT2D eigenvalue weighted by atomic mass is 10.1. The van der Waals surface area contributed by atoms with E-state index in [0.29, 0.717) is 29.7 Å². The first-order valence-electron chi connectivity index (χ1n) is 11.2. The van der Waals surface area contributed by atoms with Gasteiger partial charge < -0.3 is 15.0 Å². The number of carbonyl (C=O) groups is 1. The summed E-state index contributed by atoms with van der Waals surface area (Å²) in [5.74, 6) is 1.21. The normalized spacial score (nSPS) is 16.2. The molecule has 0 aliphatic carbocycles. The van der Waals surface area contributed by atoms with Crippen molar-refractivity contribution in [3.05, 3.63) is 71.4 Å². The third-order valence-corrected chi connectivity index (χ3v) is 6.16. The summed E-state index contributed by atoms with van der Waals surface area (Å²) in [6.07, 6.45) is 4.89. The van der Waals surface area contributed by atoms with Gasteiger partial charge in [0.1, 0.15) is 11.3 Å². The highest BCUT2D eigenvalue weighted by Crippen LogP contribution is 2.27. The minimum Gasteiger partial charge on any atom is -0.438 e. The van der Waals surface area contributed by atoms with E-state index in [1.54, 1.807) is 6.20 Å². The molecule has 3 aromatic rings. The average molecular weight is 431 g/mol. The van der Waals surface area contributed by atoms with Gasteiger partial charge in [0.2, 0.25) is 5.88 Å². The van der Waals surface area contributed by atoms with Crippen LogP contribution in [-0.4, -0.2) is 47.0 Å². The summed E-state index contributed by atoms with van der Waals surface area (Å²) in [5.41, 5.74) is 3.50. The molecular weight excluding hydrogens is 400 g/mol. The molecule has 1 aliphatic heterocycles. The fraction of sp³-hybridized carbons (Fsp3) is 0.346. The highest BCUT2D eigenvalue weighted by molar-refractivity contribution is 5.96. The molecule has 4 rings (SSSR count). The zero-order valence-electron chi connectivity index (χ0n) is 19.0. The second kappa shape index (κ2) is 9.92. The fourth-order valence-electron chi connectivity index (χ4n) is 4.01. The average Bonchev–Trinajstić information content (AvgIpc) is 3.21. The first kappa shape index (κ1) is 22.0. The summed E-state index contributed by atoms with van der Waals surface area (Å²) < 4.78 is 6.11. The number of likely N-dealkylation sites (tertiary alicyclic amines) is 1. The van der Waals surface area contributed by atoms with Crippen molar-refractivity contribution in [2.75, 3.05) is 20.1 Å². The molecule has 1 aromatic heterocycles. The van der Waals surface area contributed by atoms with Gasteiger partial charge in [-0.15, -0.1) is 0 Å². The van der Waals surface area contributed by atoms with Crippen LogP contribution in [0.5, 0.6) is 11.6 Å². The Labute approximate surface area is 189 Å². The Morgan fingerprint density at radius 2 is 1.97 bits per heavy atom. The largest absolute Gasteiger partial charge is 0.438 e. The molecule has 0 spiro atoms. The van der Waals surface area contributed by atoms with Gasteiger partial charge in [0.15, 0.2) is 5.82 Å². The molecule has 1 amide bonds. The minimum atomic E-state index is -0.218. The van der Waals surface area contributed by atoms with Crippen LogP contribution < -0.4 is 10.1 Å². The van der Waals surface area contributed by atoms with Crippen LogP contribution in [0.1, 0.15) is 40.7 Å². The second-order valence-electron chi connectivity index (χ2n) is 8.45. The molecule has 166 valence electrons.